The zero-order chi connectivity index (χ0) is 13.5. The number of hydrogen-bond acceptors (Lipinski definition) is 2. The van der Waals surface area contributed by atoms with Crippen molar-refractivity contribution in [2.75, 3.05) is 19.7 Å². The molecule has 0 aliphatic rings. The lowest BCUT2D eigenvalue weighted by molar-refractivity contribution is 0.254. The van der Waals surface area contributed by atoms with Gasteiger partial charge in [0, 0.05) is 12.5 Å². The maximum atomic E-state index is 5.85. The molecule has 2 nitrogen and oxygen atoms in total. The van der Waals surface area contributed by atoms with Gasteiger partial charge < -0.3 is 10.1 Å². The Hall–Kier alpha value is -1.02. The summed E-state index contributed by atoms with van der Waals surface area (Å²) < 4.78 is 5.85. The van der Waals surface area contributed by atoms with E-state index in [1.165, 1.54) is 11.1 Å². The topological polar surface area (TPSA) is 21.3 Å². The van der Waals surface area contributed by atoms with Crippen LogP contribution in [0.25, 0.3) is 0 Å². The molecule has 0 heterocycles. The average molecular weight is 249 g/mol. The maximum absolute atomic E-state index is 5.85. The Balaban J connectivity index is 2.31. The van der Waals surface area contributed by atoms with Gasteiger partial charge in [-0.05, 0) is 49.6 Å². The molecular formula is C16H27NO. The lowest BCUT2D eigenvalue weighted by Gasteiger charge is -2.15. The van der Waals surface area contributed by atoms with Gasteiger partial charge in [-0.25, -0.2) is 0 Å². The van der Waals surface area contributed by atoms with E-state index in [9.17, 15) is 0 Å². The highest BCUT2D eigenvalue weighted by Gasteiger charge is 2.04. The summed E-state index contributed by atoms with van der Waals surface area (Å²) in [7, 11) is 0. The molecule has 0 aromatic heterocycles. The van der Waals surface area contributed by atoms with E-state index in [4.69, 9.17) is 4.74 Å². The molecule has 0 spiro atoms. The van der Waals surface area contributed by atoms with Crippen LogP contribution in [0.3, 0.4) is 0 Å². The molecule has 0 aliphatic carbocycles. The van der Waals surface area contributed by atoms with Gasteiger partial charge >= 0.3 is 0 Å². The van der Waals surface area contributed by atoms with E-state index < -0.39 is 0 Å². The van der Waals surface area contributed by atoms with Crippen LogP contribution in [0.4, 0.5) is 0 Å². The van der Waals surface area contributed by atoms with E-state index >= 15 is 0 Å². The van der Waals surface area contributed by atoms with Crippen molar-refractivity contribution in [1.29, 1.82) is 0 Å². The van der Waals surface area contributed by atoms with Crippen molar-refractivity contribution in [3.8, 4) is 5.75 Å². The van der Waals surface area contributed by atoms with Crippen LogP contribution in [-0.4, -0.2) is 19.7 Å². The lowest BCUT2D eigenvalue weighted by atomic mass is 10.1. The van der Waals surface area contributed by atoms with Crippen LogP contribution in [0.15, 0.2) is 18.2 Å². The molecule has 0 bridgehead atoms. The van der Waals surface area contributed by atoms with E-state index in [0.717, 1.165) is 25.4 Å². The average Bonchev–Trinajstić information content (AvgIpc) is 2.24. The predicted molar refractivity (Wildman–Crippen MR) is 78.3 cm³/mol. The molecule has 0 saturated carbocycles. The zero-order valence-corrected chi connectivity index (χ0v) is 12.4. The van der Waals surface area contributed by atoms with Crippen molar-refractivity contribution in [2.45, 2.75) is 34.6 Å². The van der Waals surface area contributed by atoms with Gasteiger partial charge in [-0.3, -0.25) is 0 Å². The van der Waals surface area contributed by atoms with Gasteiger partial charge in [0.2, 0.25) is 0 Å². The number of ether oxygens (including phenoxy) is 1. The normalized spacial score (nSPS) is 12.8. The summed E-state index contributed by atoms with van der Waals surface area (Å²) in [6, 6.07) is 6.36. The summed E-state index contributed by atoms with van der Waals surface area (Å²) in [5, 5.41) is 3.46. The molecule has 1 unspecified atom stereocenters. The fourth-order valence-corrected chi connectivity index (χ4v) is 1.93. The molecule has 0 saturated heterocycles. The highest BCUT2D eigenvalue weighted by molar-refractivity contribution is 5.32. The minimum atomic E-state index is 0.532. The summed E-state index contributed by atoms with van der Waals surface area (Å²) in [5.74, 6) is 2.23. The molecule has 0 aliphatic heterocycles. The van der Waals surface area contributed by atoms with E-state index in [2.05, 4.69) is 58.1 Å². The molecule has 1 rings (SSSR count). The molecule has 0 fully saturated rings. The van der Waals surface area contributed by atoms with Crippen molar-refractivity contribution in [2.24, 2.45) is 11.8 Å². The SMILES string of the molecule is Cc1cc(C)cc(OCC(C)CNCC(C)C)c1. The second kappa shape index (κ2) is 7.42. The smallest absolute Gasteiger partial charge is 0.119 e. The van der Waals surface area contributed by atoms with E-state index in [-0.39, 0.29) is 0 Å². The fourth-order valence-electron chi connectivity index (χ4n) is 1.93. The Morgan fingerprint density at radius 1 is 1.00 bits per heavy atom. The second-order valence-electron chi connectivity index (χ2n) is 5.79. The molecule has 102 valence electrons. The Morgan fingerprint density at radius 2 is 1.61 bits per heavy atom. The summed E-state index contributed by atoms with van der Waals surface area (Å²) >= 11 is 0. The molecule has 1 aromatic rings. The molecule has 0 amide bonds. The molecule has 2 heteroatoms. The van der Waals surface area contributed by atoms with Gasteiger partial charge in [-0.15, -0.1) is 0 Å². The quantitative estimate of drug-likeness (QED) is 0.797. The first-order valence-electron chi connectivity index (χ1n) is 6.89. The van der Waals surface area contributed by atoms with Crippen molar-refractivity contribution >= 4 is 0 Å². The lowest BCUT2D eigenvalue weighted by Crippen LogP contribution is -2.28. The Labute approximate surface area is 112 Å². The van der Waals surface area contributed by atoms with Crippen LogP contribution >= 0.6 is 0 Å². The van der Waals surface area contributed by atoms with E-state index in [0.29, 0.717) is 11.8 Å². The second-order valence-corrected chi connectivity index (χ2v) is 5.79. The standard InChI is InChI=1S/C16H27NO/c1-12(2)9-17-10-15(5)11-18-16-7-13(3)6-14(4)8-16/h6-8,12,15,17H,9-11H2,1-5H3. The van der Waals surface area contributed by atoms with Gasteiger partial charge in [0.1, 0.15) is 5.75 Å². The van der Waals surface area contributed by atoms with Gasteiger partial charge in [0.15, 0.2) is 0 Å². The third kappa shape index (κ3) is 6.06. The number of benzene rings is 1. The summed E-state index contributed by atoms with van der Waals surface area (Å²) in [4.78, 5) is 0. The summed E-state index contributed by atoms with van der Waals surface area (Å²) in [6.45, 7) is 13.7. The van der Waals surface area contributed by atoms with Crippen molar-refractivity contribution < 1.29 is 4.74 Å². The third-order valence-electron chi connectivity index (χ3n) is 2.78. The minimum absolute atomic E-state index is 0.532. The van der Waals surface area contributed by atoms with Crippen LogP contribution in [0.5, 0.6) is 5.75 Å². The first-order valence-corrected chi connectivity index (χ1v) is 6.89. The van der Waals surface area contributed by atoms with Crippen LogP contribution in [0, 0.1) is 25.7 Å². The molecule has 1 N–H and O–H groups in total. The first-order chi connectivity index (χ1) is 8.47. The van der Waals surface area contributed by atoms with Gasteiger partial charge in [0.05, 0.1) is 6.61 Å². The van der Waals surface area contributed by atoms with Crippen LogP contribution < -0.4 is 10.1 Å². The molecule has 1 atom stereocenters. The van der Waals surface area contributed by atoms with Crippen molar-refractivity contribution in [1.82, 2.24) is 5.32 Å². The highest BCUT2D eigenvalue weighted by atomic mass is 16.5. The largest absolute Gasteiger partial charge is 0.493 e. The predicted octanol–water partition coefficient (Wildman–Crippen LogP) is 3.56. The number of nitrogens with one attached hydrogen (secondary N) is 1. The number of aryl methyl sites for hydroxylation is 2. The minimum Gasteiger partial charge on any atom is -0.493 e. The zero-order valence-electron chi connectivity index (χ0n) is 12.4. The first kappa shape index (κ1) is 15.0. The van der Waals surface area contributed by atoms with Crippen LogP contribution in [-0.2, 0) is 0 Å². The molecule has 0 radical (unpaired) electrons. The number of hydrogen-bond donors (Lipinski definition) is 1. The Bertz CT molecular complexity index is 340. The molecule has 18 heavy (non-hydrogen) atoms. The Kier molecular flexibility index (Phi) is 6.20. The van der Waals surface area contributed by atoms with E-state index in [1.54, 1.807) is 0 Å². The summed E-state index contributed by atoms with van der Waals surface area (Å²) in [5.41, 5.74) is 2.52. The fraction of sp³-hybridized carbons (Fsp3) is 0.625. The van der Waals surface area contributed by atoms with E-state index in [1.807, 2.05) is 0 Å². The van der Waals surface area contributed by atoms with Crippen LogP contribution in [0.2, 0.25) is 0 Å². The van der Waals surface area contributed by atoms with Crippen molar-refractivity contribution in [3.05, 3.63) is 29.3 Å². The number of rotatable bonds is 7. The van der Waals surface area contributed by atoms with Gasteiger partial charge in [0.25, 0.3) is 0 Å². The van der Waals surface area contributed by atoms with Crippen LogP contribution in [0.1, 0.15) is 31.9 Å². The third-order valence-corrected chi connectivity index (χ3v) is 2.78. The monoisotopic (exact) mass is 249 g/mol. The highest BCUT2D eigenvalue weighted by Crippen LogP contribution is 2.16. The van der Waals surface area contributed by atoms with Gasteiger partial charge in [-0.1, -0.05) is 26.8 Å². The van der Waals surface area contributed by atoms with Gasteiger partial charge in [-0.2, -0.15) is 0 Å². The summed E-state index contributed by atoms with van der Waals surface area (Å²) in [6.07, 6.45) is 0. The van der Waals surface area contributed by atoms with Crippen molar-refractivity contribution in [3.63, 3.8) is 0 Å². The molecule has 1 aromatic carbocycles. The maximum Gasteiger partial charge on any atom is 0.119 e. The molecular weight excluding hydrogens is 222 g/mol. The Morgan fingerprint density at radius 3 is 2.17 bits per heavy atom.